The van der Waals surface area contributed by atoms with E-state index in [1.807, 2.05) is 11.8 Å². The van der Waals surface area contributed by atoms with Crippen LogP contribution in [-0.4, -0.2) is 84.3 Å². The second-order valence-corrected chi connectivity index (χ2v) is 6.18. The van der Waals surface area contributed by atoms with Crippen molar-refractivity contribution in [3.63, 3.8) is 0 Å². The van der Waals surface area contributed by atoms with E-state index in [1.165, 1.54) is 9.80 Å². The fraction of sp³-hybridized carbons (Fsp3) is 0.812. The first-order valence-electron chi connectivity index (χ1n) is 8.66. The van der Waals surface area contributed by atoms with Crippen LogP contribution in [0.1, 0.15) is 33.1 Å². The van der Waals surface area contributed by atoms with Gasteiger partial charge in [-0.25, -0.2) is 0 Å². The van der Waals surface area contributed by atoms with Crippen LogP contribution in [0, 0.1) is 0 Å². The standard InChI is InChI=1S/C16H28N4O3.ClH/c1-3-9-20(13-5-7-17-8-6-13)14(21)12-19-11-10-18(4-2)15(22)16(19)23;/h13,17H,3-12H2,1-2H3;1H. The number of hydrogen-bond acceptors (Lipinski definition) is 4. The van der Waals surface area contributed by atoms with Gasteiger partial charge in [-0.05, 0) is 39.3 Å². The second-order valence-electron chi connectivity index (χ2n) is 6.18. The largest absolute Gasteiger partial charge is 0.338 e. The molecule has 1 N–H and O–H groups in total. The Morgan fingerprint density at radius 2 is 1.71 bits per heavy atom. The summed E-state index contributed by atoms with van der Waals surface area (Å²) in [5.41, 5.74) is 0. The third kappa shape index (κ3) is 4.83. The Balaban J connectivity index is 0.00000288. The summed E-state index contributed by atoms with van der Waals surface area (Å²) < 4.78 is 0. The van der Waals surface area contributed by atoms with E-state index in [9.17, 15) is 14.4 Å². The van der Waals surface area contributed by atoms with Gasteiger partial charge in [-0.2, -0.15) is 0 Å². The van der Waals surface area contributed by atoms with Crippen LogP contribution in [0.15, 0.2) is 0 Å². The molecule has 0 unspecified atom stereocenters. The van der Waals surface area contributed by atoms with E-state index in [2.05, 4.69) is 12.2 Å². The molecule has 24 heavy (non-hydrogen) atoms. The van der Waals surface area contributed by atoms with Crippen LogP contribution in [0.4, 0.5) is 0 Å². The zero-order valence-corrected chi connectivity index (χ0v) is 15.4. The van der Waals surface area contributed by atoms with E-state index >= 15 is 0 Å². The predicted octanol–water partition coefficient (Wildman–Crippen LogP) is 0.0895. The zero-order chi connectivity index (χ0) is 16.8. The van der Waals surface area contributed by atoms with E-state index in [4.69, 9.17) is 0 Å². The molecule has 2 aliphatic heterocycles. The van der Waals surface area contributed by atoms with Crippen molar-refractivity contribution in [1.29, 1.82) is 0 Å². The van der Waals surface area contributed by atoms with Crippen LogP contribution >= 0.6 is 12.4 Å². The van der Waals surface area contributed by atoms with Gasteiger partial charge in [0.25, 0.3) is 0 Å². The van der Waals surface area contributed by atoms with Gasteiger partial charge < -0.3 is 20.0 Å². The number of piperidine rings is 1. The number of carbonyl (C=O) groups excluding carboxylic acids is 3. The van der Waals surface area contributed by atoms with Crippen LogP contribution in [0.2, 0.25) is 0 Å². The quantitative estimate of drug-likeness (QED) is 0.681. The summed E-state index contributed by atoms with van der Waals surface area (Å²) in [6.07, 6.45) is 2.79. The Morgan fingerprint density at radius 1 is 1.12 bits per heavy atom. The summed E-state index contributed by atoms with van der Waals surface area (Å²) in [7, 11) is 0. The van der Waals surface area contributed by atoms with Crippen molar-refractivity contribution in [3.8, 4) is 0 Å². The first kappa shape index (κ1) is 20.7. The van der Waals surface area contributed by atoms with Gasteiger partial charge in [0.1, 0.15) is 6.54 Å². The molecule has 0 saturated carbocycles. The normalized spacial score (nSPS) is 19.2. The maximum atomic E-state index is 12.7. The number of hydrogen-bond donors (Lipinski definition) is 1. The van der Waals surface area contributed by atoms with Crippen molar-refractivity contribution in [2.75, 3.05) is 45.8 Å². The van der Waals surface area contributed by atoms with Crippen molar-refractivity contribution in [2.45, 2.75) is 39.2 Å². The highest BCUT2D eigenvalue weighted by molar-refractivity contribution is 6.35. The summed E-state index contributed by atoms with van der Waals surface area (Å²) in [6, 6.07) is 0.242. The van der Waals surface area contributed by atoms with Crippen molar-refractivity contribution < 1.29 is 14.4 Å². The Kier molecular flexibility index (Phi) is 8.48. The van der Waals surface area contributed by atoms with E-state index in [0.29, 0.717) is 26.2 Å². The topological polar surface area (TPSA) is 73.0 Å². The third-order valence-corrected chi connectivity index (χ3v) is 4.64. The molecule has 0 radical (unpaired) electrons. The van der Waals surface area contributed by atoms with Gasteiger partial charge in [-0.15, -0.1) is 12.4 Å². The minimum absolute atomic E-state index is 0. The van der Waals surface area contributed by atoms with Crippen LogP contribution in [0.3, 0.4) is 0 Å². The number of rotatable bonds is 6. The first-order chi connectivity index (χ1) is 11.1. The molecule has 0 bridgehead atoms. The minimum Gasteiger partial charge on any atom is -0.338 e. The summed E-state index contributed by atoms with van der Waals surface area (Å²) in [5.74, 6) is -1.08. The molecule has 2 fully saturated rings. The second kappa shape index (κ2) is 9.84. The highest BCUT2D eigenvalue weighted by atomic mass is 35.5. The van der Waals surface area contributed by atoms with Crippen molar-refractivity contribution in [2.24, 2.45) is 0 Å². The minimum atomic E-state index is -0.548. The number of amides is 3. The van der Waals surface area contributed by atoms with Crippen LogP contribution < -0.4 is 5.32 Å². The zero-order valence-electron chi connectivity index (χ0n) is 14.6. The Morgan fingerprint density at radius 3 is 2.29 bits per heavy atom. The highest BCUT2D eigenvalue weighted by Crippen LogP contribution is 2.14. The van der Waals surface area contributed by atoms with E-state index < -0.39 is 11.8 Å². The monoisotopic (exact) mass is 360 g/mol. The lowest BCUT2D eigenvalue weighted by atomic mass is 10.0. The molecule has 0 aromatic carbocycles. The summed E-state index contributed by atoms with van der Waals surface area (Å²) >= 11 is 0. The lowest BCUT2D eigenvalue weighted by molar-refractivity contribution is -0.157. The number of nitrogens with one attached hydrogen (secondary N) is 1. The maximum absolute atomic E-state index is 12.7. The van der Waals surface area contributed by atoms with Crippen LogP contribution in [0.5, 0.6) is 0 Å². The molecule has 8 heteroatoms. The Bertz CT molecular complexity index is 455. The van der Waals surface area contributed by atoms with Crippen molar-refractivity contribution in [1.82, 2.24) is 20.0 Å². The van der Waals surface area contributed by atoms with E-state index in [1.54, 1.807) is 0 Å². The molecule has 0 spiro atoms. The number of nitrogens with zero attached hydrogens (tertiary/aromatic N) is 3. The molecule has 2 aliphatic rings. The van der Waals surface area contributed by atoms with Gasteiger partial charge in [0.15, 0.2) is 0 Å². The summed E-state index contributed by atoms with van der Waals surface area (Å²) in [6.45, 7) is 7.96. The van der Waals surface area contributed by atoms with Gasteiger partial charge in [0.05, 0.1) is 0 Å². The maximum Gasteiger partial charge on any atom is 0.312 e. The number of halogens is 1. The molecular weight excluding hydrogens is 332 g/mol. The first-order valence-corrected chi connectivity index (χ1v) is 8.66. The van der Waals surface area contributed by atoms with Gasteiger partial charge >= 0.3 is 11.8 Å². The molecule has 138 valence electrons. The fourth-order valence-corrected chi connectivity index (χ4v) is 3.29. The predicted molar refractivity (Wildman–Crippen MR) is 94.0 cm³/mol. The molecule has 2 rings (SSSR count). The Hall–Kier alpha value is -1.34. The molecule has 2 saturated heterocycles. The highest BCUT2D eigenvalue weighted by Gasteiger charge is 2.34. The van der Waals surface area contributed by atoms with Gasteiger partial charge in [-0.3, -0.25) is 14.4 Å². The van der Waals surface area contributed by atoms with Crippen molar-refractivity contribution >= 4 is 30.1 Å². The molecule has 3 amide bonds. The lowest BCUT2D eigenvalue weighted by Gasteiger charge is -2.37. The van der Waals surface area contributed by atoms with Gasteiger partial charge in [-0.1, -0.05) is 6.92 Å². The van der Waals surface area contributed by atoms with Crippen molar-refractivity contribution in [3.05, 3.63) is 0 Å². The summed E-state index contributed by atoms with van der Waals surface area (Å²) in [5, 5.41) is 3.30. The van der Waals surface area contributed by atoms with Crippen LogP contribution in [0.25, 0.3) is 0 Å². The molecular formula is C16H29ClN4O3. The average Bonchev–Trinajstić information content (AvgIpc) is 2.57. The molecule has 7 nitrogen and oxygen atoms in total. The number of carbonyl (C=O) groups is 3. The SMILES string of the molecule is CCCN(C(=O)CN1CCN(CC)C(=O)C1=O)C1CCNCC1.Cl. The third-order valence-electron chi connectivity index (χ3n) is 4.64. The molecule has 0 aromatic heterocycles. The lowest BCUT2D eigenvalue weighted by Crippen LogP contribution is -2.57. The molecule has 0 aliphatic carbocycles. The molecule has 0 aromatic rings. The Labute approximate surface area is 150 Å². The summed E-state index contributed by atoms with van der Waals surface area (Å²) in [4.78, 5) is 41.6. The van der Waals surface area contributed by atoms with E-state index in [-0.39, 0.29) is 30.9 Å². The smallest absolute Gasteiger partial charge is 0.312 e. The average molecular weight is 361 g/mol. The number of piperazine rings is 1. The van der Waals surface area contributed by atoms with Gasteiger partial charge in [0, 0.05) is 32.2 Å². The molecule has 2 heterocycles. The number of likely N-dealkylation sites (N-methyl/N-ethyl adjacent to an activating group) is 1. The van der Waals surface area contributed by atoms with Crippen LogP contribution in [-0.2, 0) is 14.4 Å². The van der Waals surface area contributed by atoms with Gasteiger partial charge in [0.2, 0.25) is 5.91 Å². The molecule has 0 atom stereocenters. The van der Waals surface area contributed by atoms with E-state index in [0.717, 1.165) is 32.4 Å². The fourth-order valence-electron chi connectivity index (χ4n) is 3.29.